The molecule has 6 nitrogen and oxygen atoms in total. The van der Waals surface area contributed by atoms with Gasteiger partial charge < -0.3 is 9.42 Å². The van der Waals surface area contributed by atoms with E-state index >= 15 is 0 Å². The number of nitrogens with zero attached hydrogens (tertiary/aromatic N) is 4. The molecule has 0 unspecified atom stereocenters. The van der Waals surface area contributed by atoms with Gasteiger partial charge in [0.1, 0.15) is 0 Å². The number of rotatable bonds is 6. The van der Waals surface area contributed by atoms with E-state index in [4.69, 9.17) is 9.51 Å². The summed E-state index contributed by atoms with van der Waals surface area (Å²) < 4.78 is 6.16. The highest BCUT2D eigenvalue weighted by Crippen LogP contribution is 2.32. The molecular weight excluding hydrogens is 336 g/mol. The number of carbonyl (C=O) groups is 1. The van der Waals surface area contributed by atoms with Gasteiger partial charge in [-0.1, -0.05) is 22.6 Å². The Morgan fingerprint density at radius 1 is 1.24 bits per heavy atom. The van der Waals surface area contributed by atoms with Gasteiger partial charge in [0.15, 0.2) is 5.13 Å². The highest BCUT2D eigenvalue weighted by molar-refractivity contribution is 7.22. The van der Waals surface area contributed by atoms with Crippen molar-refractivity contribution in [3.05, 3.63) is 41.3 Å². The number of aryl methyl sites for hydroxylation is 2. The van der Waals surface area contributed by atoms with Crippen LogP contribution in [0.15, 0.2) is 28.9 Å². The average Bonchev–Trinajstić information content (AvgIpc) is 3.20. The molecule has 3 aromatic rings. The minimum absolute atomic E-state index is 0.204. The lowest BCUT2D eigenvalue weighted by molar-refractivity contribution is 0.0950. The number of carbonyl (C=O) groups excluding carboxylic acids is 1. The van der Waals surface area contributed by atoms with E-state index in [1.165, 1.54) is 23.1 Å². The molecule has 0 atom stereocenters. The third-order valence-electron chi connectivity index (χ3n) is 3.93. The van der Waals surface area contributed by atoms with Crippen molar-refractivity contribution in [2.75, 3.05) is 32.1 Å². The van der Waals surface area contributed by atoms with Gasteiger partial charge in [-0.15, -0.1) is 0 Å². The van der Waals surface area contributed by atoms with E-state index in [9.17, 15) is 4.79 Å². The summed E-state index contributed by atoms with van der Waals surface area (Å²) in [6.45, 7) is 5.59. The second-order valence-electron chi connectivity index (χ2n) is 6.42. The van der Waals surface area contributed by atoms with Crippen molar-refractivity contribution in [2.45, 2.75) is 20.3 Å². The Kier molecular flexibility index (Phi) is 5.15. The molecule has 0 aliphatic rings. The Bertz CT molecular complexity index is 871. The smallest absolute Gasteiger partial charge is 0.298 e. The van der Waals surface area contributed by atoms with Crippen LogP contribution in [-0.2, 0) is 0 Å². The first-order chi connectivity index (χ1) is 12.0. The molecule has 0 fully saturated rings. The van der Waals surface area contributed by atoms with Crippen molar-refractivity contribution in [1.82, 2.24) is 15.0 Å². The van der Waals surface area contributed by atoms with Crippen LogP contribution in [0.3, 0.4) is 0 Å². The molecule has 0 radical (unpaired) electrons. The zero-order chi connectivity index (χ0) is 18.0. The Labute approximate surface area is 151 Å². The molecule has 1 amide bonds. The predicted molar refractivity (Wildman–Crippen MR) is 100 cm³/mol. The molecule has 0 aliphatic heterocycles. The van der Waals surface area contributed by atoms with Crippen LogP contribution in [0.2, 0.25) is 0 Å². The normalized spacial score (nSPS) is 11.4. The van der Waals surface area contributed by atoms with Crippen LogP contribution < -0.4 is 4.90 Å². The van der Waals surface area contributed by atoms with E-state index < -0.39 is 0 Å². The molecule has 2 aromatic heterocycles. The van der Waals surface area contributed by atoms with E-state index in [1.807, 2.05) is 21.0 Å². The summed E-state index contributed by atoms with van der Waals surface area (Å²) in [6, 6.07) is 5.81. The van der Waals surface area contributed by atoms with Crippen LogP contribution in [0.4, 0.5) is 5.13 Å². The van der Waals surface area contributed by atoms with Crippen molar-refractivity contribution in [3.63, 3.8) is 0 Å². The van der Waals surface area contributed by atoms with Crippen LogP contribution in [0.25, 0.3) is 10.2 Å². The lowest BCUT2D eigenvalue weighted by Gasteiger charge is -2.19. The first-order valence-electron chi connectivity index (χ1n) is 8.21. The zero-order valence-corrected chi connectivity index (χ0v) is 15.8. The summed E-state index contributed by atoms with van der Waals surface area (Å²) in [5.41, 5.74) is 3.27. The third-order valence-corrected chi connectivity index (χ3v) is 4.96. The lowest BCUT2D eigenvalue weighted by atomic mass is 10.1. The molecule has 1 aromatic carbocycles. The van der Waals surface area contributed by atoms with Crippen molar-refractivity contribution >= 4 is 32.6 Å². The average molecular weight is 358 g/mol. The molecular formula is C18H22N4O2S. The number of amides is 1. The SMILES string of the molecule is Cc1cc(C)c2nc(N(CCCN(C)C)C(=O)c3ccno3)sc2c1. The van der Waals surface area contributed by atoms with Crippen LogP contribution in [0.1, 0.15) is 28.1 Å². The molecule has 0 saturated carbocycles. The number of fused-ring (bicyclic) bond motifs is 1. The fraction of sp³-hybridized carbons (Fsp3) is 0.389. The minimum Gasteiger partial charge on any atom is -0.351 e. The first kappa shape index (κ1) is 17.6. The first-order valence-corrected chi connectivity index (χ1v) is 9.02. The van der Waals surface area contributed by atoms with Crippen molar-refractivity contribution in [3.8, 4) is 0 Å². The van der Waals surface area contributed by atoms with Gasteiger partial charge in [0.05, 0.1) is 16.4 Å². The molecule has 0 saturated heterocycles. The molecule has 0 spiro atoms. The van der Waals surface area contributed by atoms with E-state index in [2.05, 4.69) is 29.1 Å². The highest BCUT2D eigenvalue weighted by atomic mass is 32.1. The summed E-state index contributed by atoms with van der Waals surface area (Å²) in [4.78, 5) is 21.4. The quantitative estimate of drug-likeness (QED) is 0.675. The predicted octanol–water partition coefficient (Wildman–Crippen LogP) is 3.50. The number of anilines is 1. The van der Waals surface area contributed by atoms with Gasteiger partial charge in [0.2, 0.25) is 5.76 Å². The molecule has 2 heterocycles. The van der Waals surface area contributed by atoms with Gasteiger partial charge in [-0.3, -0.25) is 9.69 Å². The molecule has 0 bridgehead atoms. The van der Waals surface area contributed by atoms with Crippen molar-refractivity contribution in [1.29, 1.82) is 0 Å². The fourth-order valence-corrected chi connectivity index (χ4v) is 3.93. The molecule has 0 N–H and O–H groups in total. The van der Waals surface area contributed by atoms with Gasteiger partial charge in [-0.25, -0.2) is 4.98 Å². The van der Waals surface area contributed by atoms with E-state index in [1.54, 1.807) is 11.0 Å². The van der Waals surface area contributed by atoms with E-state index in [0.717, 1.165) is 28.7 Å². The summed E-state index contributed by atoms with van der Waals surface area (Å²) in [7, 11) is 4.04. The van der Waals surface area contributed by atoms with Crippen LogP contribution in [0.5, 0.6) is 0 Å². The summed E-state index contributed by atoms with van der Waals surface area (Å²) in [6.07, 6.45) is 2.33. The van der Waals surface area contributed by atoms with Crippen molar-refractivity contribution in [2.24, 2.45) is 0 Å². The Morgan fingerprint density at radius 2 is 2.04 bits per heavy atom. The number of hydrogen-bond donors (Lipinski definition) is 0. The Balaban J connectivity index is 1.95. The van der Waals surface area contributed by atoms with Gasteiger partial charge in [-0.05, 0) is 58.1 Å². The largest absolute Gasteiger partial charge is 0.351 e. The van der Waals surface area contributed by atoms with Crippen LogP contribution >= 0.6 is 11.3 Å². The summed E-state index contributed by atoms with van der Waals surface area (Å²) in [5.74, 6) is 0.0294. The monoisotopic (exact) mass is 358 g/mol. The Morgan fingerprint density at radius 3 is 2.72 bits per heavy atom. The summed E-state index contributed by atoms with van der Waals surface area (Å²) >= 11 is 1.54. The van der Waals surface area contributed by atoms with E-state index in [-0.39, 0.29) is 11.7 Å². The van der Waals surface area contributed by atoms with Gasteiger partial charge >= 0.3 is 0 Å². The van der Waals surface area contributed by atoms with Gasteiger partial charge in [0.25, 0.3) is 5.91 Å². The maximum atomic E-state index is 12.9. The van der Waals surface area contributed by atoms with Gasteiger partial charge in [0, 0.05) is 12.6 Å². The second-order valence-corrected chi connectivity index (χ2v) is 7.42. The molecule has 132 valence electrons. The van der Waals surface area contributed by atoms with Crippen LogP contribution in [-0.4, -0.2) is 48.1 Å². The number of benzene rings is 1. The summed E-state index contributed by atoms with van der Waals surface area (Å²) in [5, 5.41) is 4.35. The Hall–Kier alpha value is -2.25. The number of aromatic nitrogens is 2. The minimum atomic E-state index is -0.204. The third kappa shape index (κ3) is 3.88. The van der Waals surface area contributed by atoms with E-state index in [0.29, 0.717) is 11.7 Å². The number of hydrogen-bond acceptors (Lipinski definition) is 6. The zero-order valence-electron chi connectivity index (χ0n) is 14.9. The fourth-order valence-electron chi connectivity index (χ4n) is 2.76. The van der Waals surface area contributed by atoms with Crippen molar-refractivity contribution < 1.29 is 9.32 Å². The standard InChI is InChI=1S/C18H22N4O2S/c1-12-10-13(2)16-15(11-12)25-18(20-16)22(9-5-8-21(3)4)17(23)14-6-7-19-24-14/h6-7,10-11H,5,8-9H2,1-4H3. The topological polar surface area (TPSA) is 62.5 Å². The maximum absolute atomic E-state index is 12.9. The number of thiazole rings is 1. The maximum Gasteiger partial charge on any atom is 0.298 e. The second kappa shape index (κ2) is 7.33. The highest BCUT2D eigenvalue weighted by Gasteiger charge is 2.24. The molecule has 3 rings (SSSR count). The van der Waals surface area contributed by atoms with Crippen LogP contribution in [0, 0.1) is 13.8 Å². The molecule has 25 heavy (non-hydrogen) atoms. The molecule has 0 aliphatic carbocycles. The van der Waals surface area contributed by atoms with Gasteiger partial charge in [-0.2, -0.15) is 0 Å². The molecule has 7 heteroatoms. The lowest BCUT2D eigenvalue weighted by Crippen LogP contribution is -2.33.